The molecule has 4 rings (SSSR count). The summed E-state index contributed by atoms with van der Waals surface area (Å²) in [6.07, 6.45) is 7.32. The van der Waals surface area contributed by atoms with Crippen LogP contribution in [0.4, 0.5) is 0 Å². The molecule has 128 valence electrons. The van der Waals surface area contributed by atoms with Gasteiger partial charge in [0.25, 0.3) is 0 Å². The highest BCUT2D eigenvalue weighted by molar-refractivity contribution is 5.15. The molecule has 1 saturated carbocycles. The van der Waals surface area contributed by atoms with Gasteiger partial charge in [0.1, 0.15) is 0 Å². The Morgan fingerprint density at radius 1 is 1.25 bits per heavy atom. The Bertz CT molecular complexity index is 669. The van der Waals surface area contributed by atoms with Gasteiger partial charge in [-0.3, -0.25) is 14.8 Å². The minimum atomic E-state index is 0.427. The molecule has 2 atom stereocenters. The van der Waals surface area contributed by atoms with Crippen LogP contribution in [-0.2, 0) is 6.54 Å². The van der Waals surface area contributed by atoms with Gasteiger partial charge in [-0.15, -0.1) is 10.2 Å². The van der Waals surface area contributed by atoms with E-state index in [0.717, 1.165) is 31.4 Å². The van der Waals surface area contributed by atoms with Crippen molar-refractivity contribution in [3.8, 4) is 0 Å². The third-order valence-electron chi connectivity index (χ3n) is 5.35. The third-order valence-corrected chi connectivity index (χ3v) is 5.35. The fourth-order valence-corrected chi connectivity index (χ4v) is 3.50. The van der Waals surface area contributed by atoms with Crippen LogP contribution >= 0.6 is 0 Å². The van der Waals surface area contributed by atoms with Crippen LogP contribution < -0.4 is 0 Å². The Labute approximate surface area is 142 Å². The van der Waals surface area contributed by atoms with Gasteiger partial charge in [-0.25, -0.2) is 0 Å². The van der Waals surface area contributed by atoms with E-state index in [0.29, 0.717) is 18.0 Å². The molecule has 6 heteroatoms. The second kappa shape index (κ2) is 6.61. The molecule has 6 nitrogen and oxygen atoms in total. The molecular formula is C18H25N5O. The van der Waals surface area contributed by atoms with Crippen molar-refractivity contribution in [2.45, 2.75) is 50.7 Å². The third kappa shape index (κ3) is 3.35. The molecule has 1 aliphatic carbocycles. The normalized spacial score (nSPS) is 23.0. The number of nitrogens with zero attached hydrogens (tertiary/aromatic N) is 5. The lowest BCUT2D eigenvalue weighted by Gasteiger charge is -2.27. The van der Waals surface area contributed by atoms with Gasteiger partial charge in [-0.1, -0.05) is 0 Å². The summed E-state index contributed by atoms with van der Waals surface area (Å²) in [6, 6.07) is 5.18. The molecule has 0 amide bonds. The number of pyridine rings is 1. The monoisotopic (exact) mass is 327 g/mol. The van der Waals surface area contributed by atoms with E-state index in [2.05, 4.69) is 51.1 Å². The minimum absolute atomic E-state index is 0.427. The molecule has 0 radical (unpaired) electrons. The topological polar surface area (TPSA) is 58.3 Å². The van der Waals surface area contributed by atoms with Gasteiger partial charge in [-0.05, 0) is 50.9 Å². The average molecular weight is 327 g/mol. The van der Waals surface area contributed by atoms with Gasteiger partial charge in [-0.2, -0.15) is 0 Å². The summed E-state index contributed by atoms with van der Waals surface area (Å²) in [5.74, 6) is 2.11. The van der Waals surface area contributed by atoms with Gasteiger partial charge >= 0.3 is 0 Å². The predicted octanol–water partition coefficient (Wildman–Crippen LogP) is 2.61. The van der Waals surface area contributed by atoms with Crippen molar-refractivity contribution >= 4 is 0 Å². The zero-order valence-corrected chi connectivity index (χ0v) is 14.4. The summed E-state index contributed by atoms with van der Waals surface area (Å²) in [4.78, 5) is 9.01. The van der Waals surface area contributed by atoms with Gasteiger partial charge in [0.15, 0.2) is 0 Å². The largest absolute Gasteiger partial charge is 0.424 e. The molecular weight excluding hydrogens is 302 g/mol. The highest BCUT2D eigenvalue weighted by Gasteiger charge is 2.31. The molecule has 2 aromatic heterocycles. The lowest BCUT2D eigenvalue weighted by molar-refractivity contribution is 0.190. The summed E-state index contributed by atoms with van der Waals surface area (Å²) >= 11 is 0. The highest BCUT2D eigenvalue weighted by Crippen LogP contribution is 2.39. The fraction of sp³-hybridized carbons (Fsp3) is 0.611. The van der Waals surface area contributed by atoms with Crippen molar-refractivity contribution in [1.29, 1.82) is 0 Å². The number of hydrogen-bond donors (Lipinski definition) is 0. The van der Waals surface area contributed by atoms with Crippen LogP contribution in [0.5, 0.6) is 0 Å². The Hall–Kier alpha value is -1.79. The van der Waals surface area contributed by atoms with Crippen molar-refractivity contribution < 1.29 is 4.42 Å². The zero-order chi connectivity index (χ0) is 16.5. The predicted molar refractivity (Wildman–Crippen MR) is 90.4 cm³/mol. The molecule has 3 heterocycles. The van der Waals surface area contributed by atoms with Gasteiger partial charge < -0.3 is 4.42 Å². The molecule has 1 aliphatic heterocycles. The van der Waals surface area contributed by atoms with E-state index >= 15 is 0 Å². The average Bonchev–Trinajstić information content (AvgIpc) is 3.16. The van der Waals surface area contributed by atoms with E-state index in [9.17, 15) is 0 Å². The standard InChI is InChI=1S/C18H25N5O/c1-13(14-5-8-19-9-6-14)23-10-7-16(11-23)22(2)12-17-20-21-18(24-17)15-3-4-15/h5-6,8-9,13,15-16H,3-4,7,10-12H2,1-2H3/t13-,16+/m1/s1. The molecule has 0 N–H and O–H groups in total. The minimum Gasteiger partial charge on any atom is -0.424 e. The first-order valence-corrected chi connectivity index (χ1v) is 8.87. The highest BCUT2D eigenvalue weighted by atomic mass is 16.4. The first-order valence-electron chi connectivity index (χ1n) is 8.87. The first kappa shape index (κ1) is 15.7. The van der Waals surface area contributed by atoms with Crippen LogP contribution in [0.1, 0.15) is 55.5 Å². The Balaban J connectivity index is 1.33. The lowest BCUT2D eigenvalue weighted by Crippen LogP contribution is -2.35. The van der Waals surface area contributed by atoms with Crippen LogP contribution in [0.3, 0.4) is 0 Å². The summed E-state index contributed by atoms with van der Waals surface area (Å²) in [6.45, 7) is 5.21. The maximum Gasteiger partial charge on any atom is 0.230 e. The fourth-order valence-electron chi connectivity index (χ4n) is 3.50. The Morgan fingerprint density at radius 3 is 2.79 bits per heavy atom. The van der Waals surface area contributed by atoms with E-state index in [4.69, 9.17) is 4.42 Å². The first-order chi connectivity index (χ1) is 11.7. The van der Waals surface area contributed by atoms with Crippen LogP contribution in [0, 0.1) is 0 Å². The van der Waals surface area contributed by atoms with Crippen molar-refractivity contribution in [2.75, 3.05) is 20.1 Å². The molecule has 2 aliphatic rings. The zero-order valence-electron chi connectivity index (χ0n) is 14.4. The number of rotatable bonds is 6. The molecule has 24 heavy (non-hydrogen) atoms. The summed E-state index contributed by atoms with van der Waals surface area (Å²) in [5, 5.41) is 8.39. The maximum atomic E-state index is 5.80. The molecule has 2 aromatic rings. The molecule has 0 unspecified atom stereocenters. The molecule has 2 fully saturated rings. The van der Waals surface area contributed by atoms with Gasteiger partial charge in [0.2, 0.25) is 11.8 Å². The quantitative estimate of drug-likeness (QED) is 0.813. The number of likely N-dealkylation sites (tertiary alicyclic amines) is 1. The number of aromatic nitrogens is 3. The Kier molecular flexibility index (Phi) is 4.33. The van der Waals surface area contributed by atoms with E-state index < -0.39 is 0 Å². The molecule has 0 spiro atoms. The lowest BCUT2D eigenvalue weighted by atomic mass is 10.1. The van der Waals surface area contributed by atoms with Crippen LogP contribution in [-0.4, -0.2) is 51.2 Å². The van der Waals surface area contributed by atoms with E-state index in [1.807, 2.05) is 12.4 Å². The number of hydrogen-bond acceptors (Lipinski definition) is 6. The summed E-state index contributed by atoms with van der Waals surface area (Å²) in [5.41, 5.74) is 1.33. The molecule has 1 saturated heterocycles. The summed E-state index contributed by atoms with van der Waals surface area (Å²) < 4.78 is 5.80. The van der Waals surface area contributed by atoms with Crippen molar-refractivity contribution in [3.63, 3.8) is 0 Å². The van der Waals surface area contributed by atoms with Crippen molar-refractivity contribution in [2.24, 2.45) is 0 Å². The van der Waals surface area contributed by atoms with Crippen LogP contribution in [0.2, 0.25) is 0 Å². The number of likely N-dealkylation sites (N-methyl/N-ethyl adjacent to an activating group) is 1. The van der Waals surface area contributed by atoms with E-state index in [1.54, 1.807) is 0 Å². The molecule has 0 aromatic carbocycles. The van der Waals surface area contributed by atoms with Crippen LogP contribution in [0.15, 0.2) is 28.9 Å². The van der Waals surface area contributed by atoms with Gasteiger partial charge in [0, 0.05) is 43.5 Å². The summed E-state index contributed by atoms with van der Waals surface area (Å²) in [7, 11) is 2.16. The second-order valence-corrected chi connectivity index (χ2v) is 7.12. The van der Waals surface area contributed by atoms with Gasteiger partial charge in [0.05, 0.1) is 6.54 Å². The molecule has 0 bridgehead atoms. The van der Waals surface area contributed by atoms with Crippen LogP contribution in [0.25, 0.3) is 0 Å². The SMILES string of the molecule is C[C@H](c1ccncc1)N1CC[C@H](N(C)Cc2nnc(C3CC3)o2)C1. The van der Waals surface area contributed by atoms with Crippen molar-refractivity contribution in [3.05, 3.63) is 41.9 Å². The van der Waals surface area contributed by atoms with E-state index in [1.165, 1.54) is 24.8 Å². The smallest absolute Gasteiger partial charge is 0.230 e. The Morgan fingerprint density at radius 2 is 2.04 bits per heavy atom. The van der Waals surface area contributed by atoms with Crippen molar-refractivity contribution in [1.82, 2.24) is 25.0 Å². The second-order valence-electron chi connectivity index (χ2n) is 7.12. The van der Waals surface area contributed by atoms with E-state index in [-0.39, 0.29) is 0 Å². The maximum absolute atomic E-state index is 5.80.